The van der Waals surface area contributed by atoms with Gasteiger partial charge in [-0.2, -0.15) is 9.97 Å². The monoisotopic (exact) mass is 479 g/mol. The summed E-state index contributed by atoms with van der Waals surface area (Å²) in [6.07, 6.45) is 1.61. The van der Waals surface area contributed by atoms with E-state index >= 15 is 0 Å². The second kappa shape index (κ2) is 9.74. The molecule has 0 spiro atoms. The SMILES string of the molecule is Nc1nc2c(c(=O)[nH]1)N=C(CNc1ccc(C(=O)O)cc1)CN2.Nc1nc2c(c(=O)[nH]1)N=CCN2. The molecule has 10 N–H and O–H groups in total. The van der Waals surface area contributed by atoms with Crippen LogP contribution >= 0.6 is 0 Å². The molecule has 0 radical (unpaired) electrons. The molecule has 5 rings (SSSR count). The molecule has 2 aliphatic heterocycles. The van der Waals surface area contributed by atoms with Gasteiger partial charge in [0.05, 0.1) is 30.9 Å². The first-order valence-electron chi connectivity index (χ1n) is 10.2. The van der Waals surface area contributed by atoms with E-state index in [1.807, 2.05) is 0 Å². The van der Waals surface area contributed by atoms with Crippen molar-refractivity contribution in [3.63, 3.8) is 0 Å². The zero-order chi connectivity index (χ0) is 24.9. The summed E-state index contributed by atoms with van der Waals surface area (Å²) in [5, 5.41) is 17.9. The Hall–Kier alpha value is -5.21. The molecule has 4 heterocycles. The van der Waals surface area contributed by atoms with E-state index in [9.17, 15) is 14.4 Å². The van der Waals surface area contributed by atoms with Crippen LogP contribution in [0.3, 0.4) is 0 Å². The fraction of sp³-hybridized carbons (Fsp3) is 0.150. The van der Waals surface area contributed by atoms with Crippen LogP contribution in [0.1, 0.15) is 10.4 Å². The standard InChI is InChI=1S/C14H14N6O3.C6H7N5O/c15-14-19-11-10(12(21)20-14)18-9(6-17-11)5-16-8-3-1-7(2-4-8)13(22)23;7-6-10-4-3(5(12)11-6)8-1-2-9-4/h1-4,16H,5-6H2,(H,22,23)(H4,15,17,19,20,21);1H,2H2,(H4,7,9,10,11,12). The van der Waals surface area contributed by atoms with E-state index < -0.39 is 11.5 Å². The number of rotatable bonds is 4. The number of carbonyl (C=O) groups is 1. The Morgan fingerprint density at radius 3 is 2.26 bits per heavy atom. The lowest BCUT2D eigenvalue weighted by molar-refractivity contribution is 0.0697. The third kappa shape index (κ3) is 5.41. The van der Waals surface area contributed by atoms with Crippen molar-refractivity contribution in [3.05, 3.63) is 50.5 Å². The van der Waals surface area contributed by atoms with Crippen molar-refractivity contribution >= 4 is 58.5 Å². The smallest absolute Gasteiger partial charge is 0.335 e. The second-order valence-electron chi connectivity index (χ2n) is 7.26. The van der Waals surface area contributed by atoms with Crippen molar-refractivity contribution in [1.29, 1.82) is 0 Å². The number of hydrogen-bond donors (Lipinski definition) is 8. The van der Waals surface area contributed by atoms with Crippen molar-refractivity contribution in [3.8, 4) is 0 Å². The Balaban J connectivity index is 0.000000201. The number of aromatic carboxylic acids is 1. The minimum absolute atomic E-state index is 0.0385. The van der Waals surface area contributed by atoms with Crippen LogP contribution in [0.25, 0.3) is 0 Å². The number of nitrogens with zero attached hydrogens (tertiary/aromatic N) is 4. The van der Waals surface area contributed by atoms with Gasteiger partial charge in [-0.1, -0.05) is 0 Å². The van der Waals surface area contributed by atoms with Crippen LogP contribution in [0.15, 0.2) is 43.8 Å². The summed E-state index contributed by atoms with van der Waals surface area (Å²) in [5.74, 6) is -0.0283. The van der Waals surface area contributed by atoms with Gasteiger partial charge in [-0.3, -0.25) is 19.6 Å². The van der Waals surface area contributed by atoms with Gasteiger partial charge < -0.3 is 32.5 Å². The zero-order valence-corrected chi connectivity index (χ0v) is 18.1. The highest BCUT2D eigenvalue weighted by Crippen LogP contribution is 2.21. The molecule has 15 nitrogen and oxygen atoms in total. The molecule has 35 heavy (non-hydrogen) atoms. The summed E-state index contributed by atoms with van der Waals surface area (Å²) in [7, 11) is 0. The molecule has 1 aromatic carbocycles. The summed E-state index contributed by atoms with van der Waals surface area (Å²) >= 11 is 0. The number of anilines is 5. The fourth-order valence-electron chi connectivity index (χ4n) is 3.14. The lowest BCUT2D eigenvalue weighted by atomic mass is 10.2. The Morgan fingerprint density at radius 1 is 0.971 bits per heavy atom. The number of benzene rings is 1. The average Bonchev–Trinajstić information content (AvgIpc) is 2.83. The molecule has 0 bridgehead atoms. The molecular formula is C20H21N11O4. The van der Waals surface area contributed by atoms with Gasteiger partial charge in [-0.05, 0) is 24.3 Å². The van der Waals surface area contributed by atoms with Crippen molar-refractivity contribution in [2.75, 3.05) is 47.1 Å². The van der Waals surface area contributed by atoms with Crippen LogP contribution < -0.4 is 38.5 Å². The van der Waals surface area contributed by atoms with Crippen LogP contribution in [0.2, 0.25) is 0 Å². The topological polar surface area (TPSA) is 242 Å². The summed E-state index contributed by atoms with van der Waals surface area (Å²) in [6.45, 7) is 1.41. The number of nitrogens with two attached hydrogens (primary N) is 2. The molecule has 0 aliphatic carbocycles. The van der Waals surface area contributed by atoms with Gasteiger partial charge in [-0.25, -0.2) is 14.8 Å². The van der Waals surface area contributed by atoms with E-state index in [-0.39, 0.29) is 34.4 Å². The Bertz CT molecular complexity index is 1440. The first kappa shape index (κ1) is 23.0. The van der Waals surface area contributed by atoms with E-state index in [1.54, 1.807) is 18.3 Å². The second-order valence-corrected chi connectivity index (χ2v) is 7.26. The molecule has 3 aromatic rings. The number of fused-ring (bicyclic) bond motifs is 2. The quantitative estimate of drug-likeness (QED) is 0.250. The average molecular weight is 479 g/mol. The minimum atomic E-state index is -0.972. The largest absolute Gasteiger partial charge is 0.478 e. The number of aliphatic imine (C=N–C) groups is 2. The summed E-state index contributed by atoms with van der Waals surface area (Å²) < 4.78 is 0. The maximum absolute atomic E-state index is 11.8. The molecule has 0 unspecified atom stereocenters. The van der Waals surface area contributed by atoms with Gasteiger partial charge in [0.2, 0.25) is 11.9 Å². The number of carboxylic acids is 1. The number of aromatic amines is 2. The first-order chi connectivity index (χ1) is 16.8. The van der Waals surface area contributed by atoms with Crippen molar-refractivity contribution in [2.45, 2.75) is 0 Å². The molecule has 0 saturated carbocycles. The Morgan fingerprint density at radius 2 is 1.60 bits per heavy atom. The lowest BCUT2D eigenvalue weighted by Gasteiger charge is -2.17. The van der Waals surface area contributed by atoms with Gasteiger partial charge >= 0.3 is 5.97 Å². The van der Waals surface area contributed by atoms with Gasteiger partial charge in [0.1, 0.15) is 0 Å². The Labute approximate surface area is 196 Å². The predicted octanol–water partition coefficient (Wildman–Crippen LogP) is 0.140. The van der Waals surface area contributed by atoms with E-state index in [1.165, 1.54) is 12.1 Å². The number of nitrogens with one attached hydrogen (secondary N) is 5. The van der Waals surface area contributed by atoms with E-state index in [0.717, 1.165) is 11.4 Å². The summed E-state index contributed by atoms with van der Waals surface area (Å²) in [5.41, 5.74) is 12.3. The normalized spacial score (nSPS) is 13.1. The Kier molecular flexibility index (Phi) is 6.39. The van der Waals surface area contributed by atoms with Gasteiger partial charge in [0.15, 0.2) is 23.0 Å². The van der Waals surface area contributed by atoms with E-state index in [0.29, 0.717) is 31.3 Å². The lowest BCUT2D eigenvalue weighted by Crippen LogP contribution is -2.28. The molecule has 2 aromatic heterocycles. The minimum Gasteiger partial charge on any atom is -0.478 e. The van der Waals surface area contributed by atoms with Crippen molar-refractivity contribution in [2.24, 2.45) is 9.98 Å². The molecule has 2 aliphatic rings. The zero-order valence-electron chi connectivity index (χ0n) is 18.1. The number of carboxylic acid groups (broad SMARTS) is 1. The third-order valence-corrected chi connectivity index (χ3v) is 4.77. The maximum Gasteiger partial charge on any atom is 0.335 e. The number of hydrogen-bond acceptors (Lipinski definition) is 12. The van der Waals surface area contributed by atoms with Gasteiger partial charge in [0, 0.05) is 11.9 Å². The fourth-order valence-corrected chi connectivity index (χ4v) is 3.14. The first-order valence-corrected chi connectivity index (χ1v) is 10.2. The van der Waals surface area contributed by atoms with E-state index in [2.05, 4.69) is 45.9 Å². The number of H-pyrrole nitrogens is 2. The molecule has 180 valence electrons. The third-order valence-electron chi connectivity index (χ3n) is 4.77. The van der Waals surface area contributed by atoms with Crippen LogP contribution in [0.4, 0.5) is 40.6 Å². The van der Waals surface area contributed by atoms with Crippen LogP contribution in [0, 0.1) is 0 Å². The molecule has 0 atom stereocenters. The van der Waals surface area contributed by atoms with Crippen LogP contribution in [-0.2, 0) is 0 Å². The highest BCUT2D eigenvalue weighted by Gasteiger charge is 2.16. The maximum atomic E-state index is 11.8. The molecule has 0 fully saturated rings. The highest BCUT2D eigenvalue weighted by molar-refractivity contribution is 5.97. The predicted molar refractivity (Wildman–Crippen MR) is 133 cm³/mol. The van der Waals surface area contributed by atoms with E-state index in [4.69, 9.17) is 16.6 Å². The molecular weight excluding hydrogens is 458 g/mol. The van der Waals surface area contributed by atoms with Gasteiger partial charge in [-0.15, -0.1) is 0 Å². The molecule has 0 amide bonds. The van der Waals surface area contributed by atoms with Gasteiger partial charge in [0.25, 0.3) is 11.1 Å². The summed E-state index contributed by atoms with van der Waals surface area (Å²) in [4.78, 5) is 54.5. The van der Waals surface area contributed by atoms with Crippen LogP contribution in [0.5, 0.6) is 0 Å². The number of nitrogen functional groups attached to an aromatic ring is 2. The van der Waals surface area contributed by atoms with Crippen molar-refractivity contribution in [1.82, 2.24) is 19.9 Å². The highest BCUT2D eigenvalue weighted by atomic mass is 16.4. The summed E-state index contributed by atoms with van der Waals surface area (Å²) in [6, 6.07) is 6.36. The van der Waals surface area contributed by atoms with Crippen LogP contribution in [-0.4, -0.2) is 62.6 Å². The number of aromatic nitrogens is 4. The molecule has 0 saturated heterocycles. The van der Waals surface area contributed by atoms with Crippen molar-refractivity contribution < 1.29 is 9.90 Å². The molecule has 15 heteroatoms.